The van der Waals surface area contributed by atoms with Crippen molar-refractivity contribution < 1.29 is 10.2 Å². The molecule has 0 saturated carbocycles. The molecule has 0 atom stereocenters. The number of fused-ring (bicyclic) bond motifs is 1. The van der Waals surface area contributed by atoms with Gasteiger partial charge in [-0.15, -0.1) is 0 Å². The van der Waals surface area contributed by atoms with Crippen LogP contribution in [0.5, 0.6) is 0 Å². The van der Waals surface area contributed by atoms with Crippen LogP contribution in [-0.4, -0.2) is 23.1 Å². The van der Waals surface area contributed by atoms with Crippen LogP contribution in [-0.2, 0) is 6.42 Å². The highest BCUT2D eigenvalue weighted by Crippen LogP contribution is 2.37. The van der Waals surface area contributed by atoms with Crippen LogP contribution in [0.1, 0.15) is 32.1 Å². The largest absolute Gasteiger partial charge is 0.381 e. The molecule has 0 fully saturated rings. The molecule has 196 valence electrons. The number of hydrogen-bond donors (Lipinski definition) is 3. The molecule has 38 heavy (non-hydrogen) atoms. The Balaban J connectivity index is 0.00000137. The molecular weight excluding hydrogens is 480 g/mol. The summed E-state index contributed by atoms with van der Waals surface area (Å²) in [6, 6.07) is 8.64. The first kappa shape index (κ1) is 26.7. The fourth-order valence-electron chi connectivity index (χ4n) is 4.41. The number of rotatable bonds is 7. The van der Waals surface area contributed by atoms with Crippen LogP contribution in [0.3, 0.4) is 0 Å². The van der Waals surface area contributed by atoms with Crippen LogP contribution in [0.4, 0.5) is 14.5 Å². The predicted octanol–water partition coefficient (Wildman–Crippen LogP) is 6.64. The maximum atomic E-state index is 14.4. The van der Waals surface area contributed by atoms with E-state index in [1.165, 1.54) is 6.07 Å². The number of hydrogen-bond acceptors (Lipinski definition) is 5. The molecule has 0 saturated heterocycles. The Morgan fingerprint density at radius 1 is 1.21 bits per heavy atom. The lowest BCUT2D eigenvalue weighted by Crippen LogP contribution is -2.14. The summed E-state index contributed by atoms with van der Waals surface area (Å²) in [5.41, 5.74) is 13.6. The molecule has 1 aliphatic carbocycles. The summed E-state index contributed by atoms with van der Waals surface area (Å²) in [4.78, 5) is 8.85. The lowest BCUT2D eigenvalue weighted by Gasteiger charge is -2.17. The molecule has 4 N–H and O–H groups in total. The summed E-state index contributed by atoms with van der Waals surface area (Å²) < 4.78 is 28.6. The number of nitrogens with one attached hydrogen (secondary N) is 2. The van der Waals surface area contributed by atoms with Crippen molar-refractivity contribution in [2.45, 2.75) is 20.3 Å². The van der Waals surface area contributed by atoms with Gasteiger partial charge in [0.2, 0.25) is 0 Å². The first-order chi connectivity index (χ1) is 18.6. The Kier molecular flexibility index (Phi) is 8.61. The standard InChI is InChI=1S/C29H25F2N5.C2H6.H2/c1-2-22(19-4-3-9-33-16-19)27-14-18(7-10-34-27)23-5-6-26-24(23)12-21(17-36-26)20-13-25(30)29(31)28(15-20)35-11-8-32;1-2;/h2-5,7,9-10,12-17,34-35H,1,6,8,11,32H2;1-2H3;1H/b27-22+;;. The third-order valence-corrected chi connectivity index (χ3v) is 6.16. The fraction of sp³-hybridized carbons (Fsp3) is 0.161. The quantitative estimate of drug-likeness (QED) is 0.330. The molecular formula is C31H33F2N5. The highest BCUT2D eigenvalue weighted by Gasteiger charge is 2.21. The highest BCUT2D eigenvalue weighted by atomic mass is 19.2. The van der Waals surface area contributed by atoms with Gasteiger partial charge in [-0.1, -0.05) is 38.6 Å². The molecule has 0 spiro atoms. The van der Waals surface area contributed by atoms with Gasteiger partial charge in [0.15, 0.2) is 11.6 Å². The molecule has 7 heteroatoms. The second-order valence-electron chi connectivity index (χ2n) is 8.43. The zero-order chi connectivity index (χ0) is 27.1. The molecule has 2 aliphatic rings. The minimum Gasteiger partial charge on any atom is -0.381 e. The lowest BCUT2D eigenvalue weighted by molar-refractivity contribution is 0.511. The molecule has 5 nitrogen and oxygen atoms in total. The van der Waals surface area contributed by atoms with Crippen molar-refractivity contribution in [1.82, 2.24) is 15.3 Å². The smallest absolute Gasteiger partial charge is 0.181 e. The number of aromatic nitrogens is 2. The zero-order valence-electron chi connectivity index (χ0n) is 21.6. The molecule has 1 aliphatic heterocycles. The van der Waals surface area contributed by atoms with E-state index >= 15 is 0 Å². The van der Waals surface area contributed by atoms with E-state index in [0.717, 1.165) is 39.2 Å². The van der Waals surface area contributed by atoms with Gasteiger partial charge >= 0.3 is 0 Å². The van der Waals surface area contributed by atoms with E-state index in [9.17, 15) is 8.78 Å². The maximum absolute atomic E-state index is 14.4. The average Bonchev–Trinajstić information content (AvgIpc) is 3.39. The fourth-order valence-corrected chi connectivity index (χ4v) is 4.41. The third kappa shape index (κ3) is 5.48. The zero-order valence-corrected chi connectivity index (χ0v) is 21.6. The van der Waals surface area contributed by atoms with E-state index in [2.05, 4.69) is 39.3 Å². The summed E-state index contributed by atoms with van der Waals surface area (Å²) in [5, 5.41) is 6.15. The molecule has 0 radical (unpaired) electrons. The van der Waals surface area contributed by atoms with E-state index in [1.54, 1.807) is 24.7 Å². The third-order valence-electron chi connectivity index (χ3n) is 6.16. The molecule has 5 rings (SSSR count). The van der Waals surface area contributed by atoms with Crippen LogP contribution >= 0.6 is 0 Å². The minimum absolute atomic E-state index is 0. The lowest BCUT2D eigenvalue weighted by atomic mass is 9.94. The topological polar surface area (TPSA) is 75.9 Å². The number of pyridine rings is 2. The Morgan fingerprint density at radius 2 is 2.05 bits per heavy atom. The van der Waals surface area contributed by atoms with Gasteiger partial charge in [-0.2, -0.15) is 0 Å². The van der Waals surface area contributed by atoms with Crippen LogP contribution < -0.4 is 16.4 Å². The van der Waals surface area contributed by atoms with Gasteiger partial charge in [0.25, 0.3) is 0 Å². The second kappa shape index (κ2) is 12.3. The van der Waals surface area contributed by atoms with Crippen LogP contribution in [0, 0.1) is 11.6 Å². The molecule has 2 aromatic heterocycles. The number of allylic oxidation sites excluding steroid dienone is 7. The summed E-state index contributed by atoms with van der Waals surface area (Å²) >= 11 is 0. The van der Waals surface area contributed by atoms with Crippen molar-refractivity contribution in [3.8, 4) is 11.1 Å². The number of nitrogens with two attached hydrogens (primary N) is 1. The van der Waals surface area contributed by atoms with Crippen molar-refractivity contribution in [3.05, 3.63) is 126 Å². The minimum atomic E-state index is -0.922. The van der Waals surface area contributed by atoms with Gasteiger partial charge in [-0.3, -0.25) is 9.97 Å². The van der Waals surface area contributed by atoms with Crippen molar-refractivity contribution in [1.29, 1.82) is 0 Å². The molecule has 3 aromatic rings. The number of halogens is 2. The number of dihydropyridines is 1. The van der Waals surface area contributed by atoms with Crippen LogP contribution in [0.2, 0.25) is 0 Å². The van der Waals surface area contributed by atoms with E-state index in [1.807, 2.05) is 50.4 Å². The number of anilines is 1. The van der Waals surface area contributed by atoms with Gasteiger partial charge < -0.3 is 16.4 Å². The van der Waals surface area contributed by atoms with Crippen LogP contribution in [0.25, 0.3) is 22.3 Å². The SMILES string of the molecule is C=C/C(=C1/C=C(C2=CCc3ncc(-c4cc(F)c(F)c(NCCN)c4)cc32)C=CN1)c1cccnc1.CC.[HH]. The Bertz CT molecular complexity index is 1460. The predicted molar refractivity (Wildman–Crippen MR) is 154 cm³/mol. The van der Waals surface area contributed by atoms with Crippen molar-refractivity contribution in [3.63, 3.8) is 0 Å². The summed E-state index contributed by atoms with van der Waals surface area (Å²) in [7, 11) is 0. The maximum Gasteiger partial charge on any atom is 0.181 e. The molecule has 0 bridgehead atoms. The normalized spacial score (nSPS) is 14.9. The molecule has 1 aromatic carbocycles. The first-order valence-corrected chi connectivity index (χ1v) is 12.6. The molecule has 3 heterocycles. The monoisotopic (exact) mass is 513 g/mol. The van der Waals surface area contributed by atoms with Gasteiger partial charge in [0.05, 0.1) is 11.4 Å². The summed E-state index contributed by atoms with van der Waals surface area (Å²) in [6.45, 7) is 8.63. The van der Waals surface area contributed by atoms with E-state index < -0.39 is 11.6 Å². The first-order valence-electron chi connectivity index (χ1n) is 12.6. The number of nitrogens with zero attached hydrogens (tertiary/aromatic N) is 2. The highest BCUT2D eigenvalue weighted by molar-refractivity contribution is 5.90. The molecule has 0 unspecified atom stereocenters. The average molecular weight is 514 g/mol. The summed E-state index contributed by atoms with van der Waals surface area (Å²) in [6.07, 6.45) is 15.9. The van der Waals surface area contributed by atoms with E-state index in [-0.39, 0.29) is 7.11 Å². The van der Waals surface area contributed by atoms with Gasteiger partial charge in [-0.05, 0) is 53.1 Å². The van der Waals surface area contributed by atoms with E-state index in [0.29, 0.717) is 30.6 Å². The van der Waals surface area contributed by atoms with Crippen molar-refractivity contribution in [2.75, 3.05) is 18.4 Å². The van der Waals surface area contributed by atoms with Gasteiger partial charge in [-0.25, -0.2) is 8.78 Å². The van der Waals surface area contributed by atoms with Crippen LogP contribution in [0.15, 0.2) is 97.3 Å². The Morgan fingerprint density at radius 3 is 2.79 bits per heavy atom. The van der Waals surface area contributed by atoms with Gasteiger partial charge in [0, 0.05) is 73.7 Å². The molecule has 0 amide bonds. The Labute approximate surface area is 223 Å². The van der Waals surface area contributed by atoms with Crippen molar-refractivity contribution in [2.24, 2.45) is 5.73 Å². The van der Waals surface area contributed by atoms with Crippen molar-refractivity contribution >= 4 is 16.8 Å². The second-order valence-corrected chi connectivity index (χ2v) is 8.43. The number of benzene rings is 1. The van der Waals surface area contributed by atoms with E-state index in [4.69, 9.17) is 5.73 Å². The Hall–Kier alpha value is -4.36. The summed E-state index contributed by atoms with van der Waals surface area (Å²) in [5.74, 6) is -1.84. The van der Waals surface area contributed by atoms with Gasteiger partial charge in [0.1, 0.15) is 0 Å².